The molecule has 7 nitrogen and oxygen atoms in total. The van der Waals surface area contributed by atoms with Crippen LogP contribution in [0.2, 0.25) is 15.1 Å². The van der Waals surface area contributed by atoms with E-state index >= 15 is 0 Å². The minimum atomic E-state index is -2.07. The van der Waals surface area contributed by atoms with Crippen molar-refractivity contribution in [1.82, 2.24) is 5.16 Å². The third-order valence-corrected chi connectivity index (χ3v) is 8.68. The predicted molar refractivity (Wildman–Crippen MR) is 166 cm³/mol. The number of anilines is 1. The Balaban J connectivity index is 0.00000194. The Morgan fingerprint density at radius 3 is 2.32 bits per heavy atom. The first-order chi connectivity index (χ1) is 18.7. The Labute approximate surface area is 299 Å². The Bertz CT molecular complexity index is 1570. The van der Waals surface area contributed by atoms with Crippen LogP contribution in [-0.4, -0.2) is 91.2 Å². The van der Waals surface area contributed by atoms with Gasteiger partial charge in [0.15, 0.2) is 11.1 Å². The average Bonchev–Trinajstić information content (AvgIpc) is 3.66. The van der Waals surface area contributed by atoms with Crippen molar-refractivity contribution < 1.29 is 23.1 Å². The van der Waals surface area contributed by atoms with E-state index in [2.05, 4.69) is 5.16 Å². The number of benzene rings is 3. The summed E-state index contributed by atoms with van der Waals surface area (Å²) in [7, 11) is 0. The normalized spacial score (nSPS) is 16.3. The van der Waals surface area contributed by atoms with Gasteiger partial charge in [0.05, 0.1) is 38.6 Å². The van der Waals surface area contributed by atoms with Crippen LogP contribution in [0.25, 0.3) is 11.3 Å². The van der Waals surface area contributed by atoms with Gasteiger partial charge in [0, 0.05) is 22.7 Å². The fraction of sp³-hybridized carbons (Fsp3) is 0.250. The number of ether oxygens (including phenoxy) is 1. The quantitative estimate of drug-likeness (QED) is 0.185. The molecule has 1 aliphatic heterocycles. The van der Waals surface area contributed by atoms with E-state index in [0.29, 0.717) is 61.5 Å². The van der Waals surface area contributed by atoms with Gasteiger partial charge in [-0.2, -0.15) is 0 Å². The van der Waals surface area contributed by atoms with E-state index in [1.54, 1.807) is 54.6 Å². The molecule has 0 spiro atoms. The van der Waals surface area contributed by atoms with E-state index in [0.717, 1.165) is 29.9 Å². The van der Waals surface area contributed by atoms with Gasteiger partial charge in [-0.15, -0.1) is 0 Å². The van der Waals surface area contributed by atoms with E-state index in [9.17, 15) is 13.9 Å². The van der Waals surface area contributed by atoms with Gasteiger partial charge < -0.3 is 23.8 Å². The summed E-state index contributed by atoms with van der Waals surface area (Å²) in [5.41, 5.74) is 2.15. The van der Waals surface area contributed by atoms with Crippen LogP contribution in [0, 0.1) is 0 Å². The van der Waals surface area contributed by atoms with Gasteiger partial charge in [-0.25, -0.2) is 4.21 Å². The first kappa shape index (κ1) is 33.3. The molecule has 2 N–H and O–H groups in total. The molecule has 3 aromatic carbocycles. The van der Waals surface area contributed by atoms with Gasteiger partial charge in [-0.05, 0) is 55.3 Å². The molecular formula is C28H25Cl3N2Na2O5S. The molecule has 1 atom stereocenters. The fourth-order valence-corrected chi connectivity index (χ4v) is 6.23. The molecule has 41 heavy (non-hydrogen) atoms. The number of hydrogen-bond donors (Lipinski definition) is 2. The standard InChI is InChI=1S/C28H23Cl3N2O5S.2Na.2H/c29-22-5-2-6-23(30)25(22)26-20(27(38-32-26)16-7-8-16)13-37-18-9-10-21(24(31)12-18)28(34)14-33(15-28)17-3-1-4-19(11-17)39(35)36;;;;/h1-6,9-12,16,34H,7-8,13-15H2,(H,35,36);;;;. The molecule has 2 fully saturated rings. The fourth-order valence-electron chi connectivity index (χ4n) is 4.89. The van der Waals surface area contributed by atoms with Gasteiger partial charge >= 0.3 is 59.1 Å². The van der Waals surface area contributed by atoms with Crippen LogP contribution < -0.4 is 9.64 Å². The van der Waals surface area contributed by atoms with Crippen LogP contribution in [0.5, 0.6) is 5.75 Å². The molecule has 1 aliphatic carbocycles. The van der Waals surface area contributed by atoms with E-state index in [1.165, 1.54) is 0 Å². The first-order valence-corrected chi connectivity index (χ1v) is 14.5. The number of aromatic nitrogens is 1. The van der Waals surface area contributed by atoms with Crippen molar-refractivity contribution in [3.05, 3.63) is 92.6 Å². The van der Waals surface area contributed by atoms with Crippen molar-refractivity contribution in [3.8, 4) is 17.0 Å². The zero-order valence-electron chi connectivity index (χ0n) is 20.4. The van der Waals surface area contributed by atoms with Crippen molar-refractivity contribution in [1.29, 1.82) is 0 Å². The van der Waals surface area contributed by atoms with E-state index < -0.39 is 16.7 Å². The zero-order chi connectivity index (χ0) is 27.3. The van der Waals surface area contributed by atoms with Gasteiger partial charge in [0.25, 0.3) is 0 Å². The molecule has 0 bridgehead atoms. The minimum absolute atomic E-state index is 0. The monoisotopic (exact) mass is 652 g/mol. The van der Waals surface area contributed by atoms with Crippen LogP contribution >= 0.6 is 34.8 Å². The van der Waals surface area contributed by atoms with Crippen molar-refractivity contribution in [2.75, 3.05) is 18.0 Å². The topological polar surface area (TPSA) is 96.0 Å². The summed E-state index contributed by atoms with van der Waals surface area (Å²) in [4.78, 5) is 2.23. The Morgan fingerprint density at radius 2 is 1.68 bits per heavy atom. The summed E-state index contributed by atoms with van der Waals surface area (Å²) < 4.78 is 32.6. The van der Waals surface area contributed by atoms with Crippen LogP contribution in [0.3, 0.4) is 0 Å². The summed E-state index contributed by atoms with van der Waals surface area (Å²) in [6.07, 6.45) is 2.05. The van der Waals surface area contributed by atoms with Crippen molar-refractivity contribution in [2.45, 2.75) is 35.9 Å². The van der Waals surface area contributed by atoms with Gasteiger partial charge in [0.2, 0.25) is 0 Å². The van der Waals surface area contributed by atoms with Crippen molar-refractivity contribution >= 4 is 111 Å². The molecule has 0 radical (unpaired) electrons. The number of nitrogens with zero attached hydrogens (tertiary/aromatic N) is 2. The number of aliphatic hydroxyl groups is 1. The molecule has 1 saturated heterocycles. The van der Waals surface area contributed by atoms with E-state index in [-0.39, 0.29) is 65.7 Å². The summed E-state index contributed by atoms with van der Waals surface area (Å²) in [5, 5.41) is 16.9. The van der Waals surface area contributed by atoms with Crippen LogP contribution in [0.4, 0.5) is 5.69 Å². The van der Waals surface area contributed by atoms with Crippen LogP contribution in [0.15, 0.2) is 70.1 Å². The molecule has 13 heteroatoms. The molecule has 4 aromatic rings. The summed E-state index contributed by atoms with van der Waals surface area (Å²) >= 11 is 17.4. The molecule has 0 amide bonds. The van der Waals surface area contributed by atoms with Gasteiger partial charge in [-0.3, -0.25) is 0 Å². The number of hydrogen-bond acceptors (Lipinski definition) is 6. The van der Waals surface area contributed by atoms with Crippen LogP contribution in [0.1, 0.15) is 35.6 Å². The predicted octanol–water partition coefficient (Wildman–Crippen LogP) is 5.75. The average molecular weight is 654 g/mol. The number of halogens is 3. The zero-order valence-corrected chi connectivity index (χ0v) is 23.5. The molecule has 6 rings (SSSR count). The van der Waals surface area contributed by atoms with E-state index in [1.807, 2.05) is 11.0 Å². The molecule has 1 saturated carbocycles. The SMILES string of the molecule is O=S(O)c1cccc(N2CC(O)(c3ccc(OCc4c(-c5c(Cl)cccc5Cl)noc4C4CC4)cc3Cl)C2)c1.[NaH].[NaH]. The summed E-state index contributed by atoms with van der Waals surface area (Å²) in [6, 6.07) is 17.3. The molecule has 1 unspecified atom stereocenters. The summed E-state index contributed by atoms with van der Waals surface area (Å²) in [5.74, 6) is 1.61. The summed E-state index contributed by atoms with van der Waals surface area (Å²) in [6.45, 7) is 0.770. The maximum absolute atomic E-state index is 11.4. The van der Waals surface area contributed by atoms with Crippen LogP contribution in [-0.2, 0) is 23.3 Å². The van der Waals surface area contributed by atoms with Gasteiger partial charge in [-0.1, -0.05) is 58.2 Å². The molecular weight excluding hydrogens is 629 g/mol. The molecule has 2 heterocycles. The van der Waals surface area contributed by atoms with Gasteiger partial charge in [0.1, 0.15) is 29.4 Å². The molecule has 2 aliphatic rings. The maximum atomic E-state index is 11.4. The third-order valence-electron chi connectivity index (χ3n) is 7.08. The van der Waals surface area contributed by atoms with E-state index in [4.69, 9.17) is 44.1 Å². The number of rotatable bonds is 8. The second-order valence-electron chi connectivity index (χ2n) is 9.81. The second-order valence-corrected chi connectivity index (χ2v) is 12.0. The van der Waals surface area contributed by atoms with Crippen molar-refractivity contribution in [2.24, 2.45) is 0 Å². The van der Waals surface area contributed by atoms with Crippen molar-refractivity contribution in [3.63, 3.8) is 0 Å². The Hall–Kier alpha value is -0.590. The number of β-amino-alcohol motifs (C(OH)–C–C–N with tert-alkyl or cyclic N) is 1. The third kappa shape index (κ3) is 6.90. The Kier molecular flexibility index (Phi) is 11.0. The first-order valence-electron chi connectivity index (χ1n) is 12.3. The Morgan fingerprint density at radius 1 is 1.00 bits per heavy atom. The molecule has 1 aromatic heterocycles. The molecule has 206 valence electrons. The second kappa shape index (κ2) is 13.6.